The van der Waals surface area contributed by atoms with Gasteiger partial charge in [-0.2, -0.15) is 11.3 Å². The van der Waals surface area contributed by atoms with Crippen LogP contribution >= 0.6 is 11.3 Å². The summed E-state index contributed by atoms with van der Waals surface area (Å²) in [5.74, 6) is -0.0330. The molecule has 0 unspecified atom stereocenters. The number of rotatable bonds is 3. The fourth-order valence-electron chi connectivity index (χ4n) is 2.46. The zero-order valence-corrected chi connectivity index (χ0v) is 13.0. The maximum Gasteiger partial charge on any atom is 0.248 e. The summed E-state index contributed by atoms with van der Waals surface area (Å²) in [6, 6.07) is 7.60. The van der Waals surface area contributed by atoms with Crippen molar-refractivity contribution < 1.29 is 9.59 Å². The van der Waals surface area contributed by atoms with E-state index >= 15 is 0 Å². The molecule has 0 atom stereocenters. The van der Waals surface area contributed by atoms with Gasteiger partial charge in [0.25, 0.3) is 0 Å². The number of aryl methyl sites for hydroxylation is 1. The van der Waals surface area contributed by atoms with Crippen LogP contribution in [0.2, 0.25) is 0 Å². The molecule has 1 N–H and O–H groups in total. The highest BCUT2D eigenvalue weighted by Gasteiger charge is 2.20. The Kier molecular flexibility index (Phi) is 4.06. The molecule has 0 bridgehead atoms. The van der Waals surface area contributed by atoms with E-state index in [1.54, 1.807) is 29.4 Å². The molecule has 5 heteroatoms. The lowest BCUT2D eigenvalue weighted by atomic mass is 10.0. The van der Waals surface area contributed by atoms with Crippen molar-refractivity contribution in [2.75, 3.05) is 17.3 Å². The minimum Gasteiger partial charge on any atom is -0.323 e. The number of carbonyl (C=O) groups is 2. The number of nitrogens with zero attached hydrogens (tertiary/aromatic N) is 1. The van der Waals surface area contributed by atoms with Crippen molar-refractivity contribution >= 4 is 40.6 Å². The first-order valence-corrected chi connectivity index (χ1v) is 7.98. The summed E-state index contributed by atoms with van der Waals surface area (Å²) in [4.78, 5) is 25.3. The van der Waals surface area contributed by atoms with Crippen LogP contribution in [0.5, 0.6) is 0 Å². The lowest BCUT2D eigenvalue weighted by molar-refractivity contribution is -0.118. The third-order valence-corrected chi connectivity index (χ3v) is 4.36. The van der Waals surface area contributed by atoms with E-state index in [0.29, 0.717) is 12.8 Å². The monoisotopic (exact) mass is 312 g/mol. The van der Waals surface area contributed by atoms with Gasteiger partial charge in [-0.05, 0) is 58.6 Å². The average Bonchev–Trinajstić information content (AvgIpc) is 3.02. The van der Waals surface area contributed by atoms with E-state index in [9.17, 15) is 9.59 Å². The van der Waals surface area contributed by atoms with Gasteiger partial charge >= 0.3 is 0 Å². The van der Waals surface area contributed by atoms with Crippen LogP contribution in [0.4, 0.5) is 11.4 Å². The highest BCUT2D eigenvalue weighted by molar-refractivity contribution is 7.08. The van der Waals surface area contributed by atoms with Gasteiger partial charge < -0.3 is 10.2 Å². The Hall–Kier alpha value is -2.40. The molecule has 1 aliphatic heterocycles. The topological polar surface area (TPSA) is 49.4 Å². The Labute approximate surface area is 133 Å². The van der Waals surface area contributed by atoms with Gasteiger partial charge in [0.05, 0.1) is 0 Å². The van der Waals surface area contributed by atoms with Crippen molar-refractivity contribution in [1.82, 2.24) is 0 Å². The van der Waals surface area contributed by atoms with Gasteiger partial charge in [0.1, 0.15) is 0 Å². The number of benzene rings is 1. The number of nitrogens with one attached hydrogen (secondary N) is 1. The number of hydrogen-bond donors (Lipinski definition) is 1. The predicted octanol–water partition coefficient (Wildman–Crippen LogP) is 3.31. The second kappa shape index (κ2) is 6.15. The standard InChI is InChI=1S/C17H16N2O2S/c1-19-15-5-4-14(10-13(15)3-7-17(19)21)18-16(20)6-2-12-8-9-22-11-12/h2,4-6,8-11H,3,7H2,1H3,(H,18,20)/b6-2-. The molecule has 0 aliphatic carbocycles. The maximum absolute atomic E-state index is 11.9. The van der Waals surface area contributed by atoms with Crippen molar-refractivity contribution in [3.8, 4) is 0 Å². The number of carbonyl (C=O) groups excluding carboxylic acids is 2. The molecule has 0 spiro atoms. The van der Waals surface area contributed by atoms with Gasteiger partial charge in [-0.15, -0.1) is 0 Å². The molecule has 22 heavy (non-hydrogen) atoms. The van der Waals surface area contributed by atoms with Crippen LogP contribution in [-0.2, 0) is 16.0 Å². The van der Waals surface area contributed by atoms with Gasteiger partial charge in [0.15, 0.2) is 0 Å². The zero-order valence-electron chi connectivity index (χ0n) is 12.2. The van der Waals surface area contributed by atoms with Crippen molar-refractivity contribution in [1.29, 1.82) is 0 Å². The fourth-order valence-corrected chi connectivity index (χ4v) is 3.09. The molecule has 1 aliphatic rings. The Morgan fingerprint density at radius 3 is 2.95 bits per heavy atom. The second-order valence-corrected chi connectivity index (χ2v) is 5.96. The van der Waals surface area contributed by atoms with Crippen LogP contribution in [0.3, 0.4) is 0 Å². The summed E-state index contributed by atoms with van der Waals surface area (Å²) >= 11 is 1.60. The summed E-state index contributed by atoms with van der Waals surface area (Å²) < 4.78 is 0. The van der Waals surface area contributed by atoms with Crippen LogP contribution in [0.15, 0.2) is 41.1 Å². The Bertz CT molecular complexity index is 735. The lowest BCUT2D eigenvalue weighted by Gasteiger charge is -2.26. The lowest BCUT2D eigenvalue weighted by Crippen LogP contribution is -2.31. The maximum atomic E-state index is 11.9. The van der Waals surface area contributed by atoms with Crippen LogP contribution in [0, 0.1) is 0 Å². The van der Waals surface area contributed by atoms with Gasteiger partial charge in [-0.3, -0.25) is 9.59 Å². The van der Waals surface area contributed by atoms with E-state index in [1.807, 2.05) is 35.0 Å². The van der Waals surface area contributed by atoms with E-state index in [-0.39, 0.29) is 11.8 Å². The quantitative estimate of drug-likeness (QED) is 0.884. The minimum absolute atomic E-state index is 0.128. The van der Waals surface area contributed by atoms with E-state index in [2.05, 4.69) is 5.32 Å². The SMILES string of the molecule is CN1C(=O)CCc2cc(NC(=O)/C=C\c3ccsc3)ccc21. The molecule has 4 nitrogen and oxygen atoms in total. The summed E-state index contributed by atoms with van der Waals surface area (Å²) in [7, 11) is 1.78. The highest BCUT2D eigenvalue weighted by Crippen LogP contribution is 2.29. The van der Waals surface area contributed by atoms with E-state index in [4.69, 9.17) is 0 Å². The molecule has 112 valence electrons. The third-order valence-electron chi connectivity index (χ3n) is 3.66. The summed E-state index contributed by atoms with van der Waals surface area (Å²) in [6.07, 6.45) is 4.54. The molecular formula is C17H16N2O2S. The summed E-state index contributed by atoms with van der Waals surface area (Å²) in [5.41, 5.74) is 3.77. The normalized spacial score (nSPS) is 14.2. The van der Waals surface area contributed by atoms with Gasteiger partial charge in [-0.25, -0.2) is 0 Å². The van der Waals surface area contributed by atoms with Crippen molar-refractivity contribution in [3.63, 3.8) is 0 Å². The average molecular weight is 312 g/mol. The summed E-state index contributed by atoms with van der Waals surface area (Å²) in [6.45, 7) is 0. The predicted molar refractivity (Wildman–Crippen MR) is 90.2 cm³/mol. The first kappa shape index (κ1) is 14.5. The molecule has 2 aromatic rings. The molecule has 0 saturated carbocycles. The minimum atomic E-state index is -0.161. The second-order valence-electron chi connectivity index (χ2n) is 5.18. The number of anilines is 2. The van der Waals surface area contributed by atoms with Gasteiger partial charge in [0.2, 0.25) is 11.8 Å². The number of hydrogen-bond acceptors (Lipinski definition) is 3. The molecule has 1 aromatic carbocycles. The molecule has 0 fully saturated rings. The molecule has 0 saturated heterocycles. The number of fused-ring (bicyclic) bond motifs is 1. The van der Waals surface area contributed by atoms with E-state index < -0.39 is 0 Å². The fraction of sp³-hybridized carbons (Fsp3) is 0.176. The Morgan fingerprint density at radius 1 is 1.32 bits per heavy atom. The largest absolute Gasteiger partial charge is 0.323 e. The molecule has 1 aromatic heterocycles. The molecule has 3 rings (SSSR count). The van der Waals surface area contributed by atoms with Crippen LogP contribution < -0.4 is 10.2 Å². The van der Waals surface area contributed by atoms with Crippen molar-refractivity contribution in [2.45, 2.75) is 12.8 Å². The molecule has 2 amide bonds. The summed E-state index contributed by atoms with van der Waals surface area (Å²) in [5, 5.41) is 6.81. The first-order valence-electron chi connectivity index (χ1n) is 7.04. The molecular weight excluding hydrogens is 296 g/mol. The van der Waals surface area contributed by atoms with Crippen LogP contribution in [0.1, 0.15) is 17.5 Å². The van der Waals surface area contributed by atoms with Gasteiger partial charge in [0, 0.05) is 30.9 Å². The molecule has 0 radical (unpaired) electrons. The smallest absolute Gasteiger partial charge is 0.248 e. The van der Waals surface area contributed by atoms with Crippen LogP contribution in [0.25, 0.3) is 6.08 Å². The van der Waals surface area contributed by atoms with Crippen molar-refractivity contribution in [2.24, 2.45) is 0 Å². The number of thiophene rings is 1. The van der Waals surface area contributed by atoms with Gasteiger partial charge in [-0.1, -0.05) is 0 Å². The van der Waals surface area contributed by atoms with E-state index in [0.717, 1.165) is 22.5 Å². The highest BCUT2D eigenvalue weighted by atomic mass is 32.1. The third kappa shape index (κ3) is 3.09. The zero-order chi connectivity index (χ0) is 15.5. The number of amides is 2. The molecule has 2 heterocycles. The Morgan fingerprint density at radius 2 is 2.18 bits per heavy atom. The van der Waals surface area contributed by atoms with Crippen LogP contribution in [-0.4, -0.2) is 18.9 Å². The van der Waals surface area contributed by atoms with Crippen molar-refractivity contribution in [3.05, 3.63) is 52.2 Å². The van der Waals surface area contributed by atoms with E-state index in [1.165, 1.54) is 6.08 Å². The first-order chi connectivity index (χ1) is 10.6. The Balaban J connectivity index is 1.71.